The van der Waals surface area contributed by atoms with E-state index in [1.807, 2.05) is 4.72 Å². The highest BCUT2D eigenvalue weighted by Crippen LogP contribution is 2.36. The predicted octanol–water partition coefficient (Wildman–Crippen LogP) is 2.95. The number of hydrogen-bond donors (Lipinski definition) is 2. The van der Waals surface area contributed by atoms with Crippen LogP contribution in [0.1, 0.15) is 17.2 Å². The minimum atomic E-state index is -5.07. The molecule has 0 saturated carbocycles. The Hall–Kier alpha value is -2.80. The largest absolute Gasteiger partial charge is 0.417 e. The van der Waals surface area contributed by atoms with Crippen molar-refractivity contribution in [2.45, 2.75) is 27.0 Å². The van der Waals surface area contributed by atoms with E-state index in [0.29, 0.717) is 18.2 Å². The van der Waals surface area contributed by atoms with Crippen molar-refractivity contribution in [3.8, 4) is 0 Å². The summed E-state index contributed by atoms with van der Waals surface area (Å²) in [7, 11) is -9.13. The van der Waals surface area contributed by atoms with E-state index in [1.165, 1.54) is 48.8 Å². The van der Waals surface area contributed by atoms with Gasteiger partial charge in [-0.3, -0.25) is 4.98 Å². The van der Waals surface area contributed by atoms with Gasteiger partial charge >= 0.3 is 6.18 Å². The summed E-state index contributed by atoms with van der Waals surface area (Å²) in [6.45, 7) is -0.652. The van der Waals surface area contributed by atoms with E-state index in [1.54, 1.807) is 6.07 Å². The molecule has 0 bridgehead atoms. The van der Waals surface area contributed by atoms with Crippen LogP contribution in [-0.2, 0) is 26.0 Å². The van der Waals surface area contributed by atoms with Gasteiger partial charge in [-0.2, -0.15) is 13.2 Å². The number of sulfone groups is 1. The van der Waals surface area contributed by atoms with E-state index in [9.17, 15) is 35.1 Å². The maximum atomic E-state index is 13.5. The Bertz CT molecular complexity index is 1300. The fraction of sp³-hybridized carbons (Fsp3) is 0.150. The number of rotatable bonds is 7. The number of aliphatic hydroxyl groups excluding tert-OH is 1. The van der Waals surface area contributed by atoms with Gasteiger partial charge in [0.1, 0.15) is 0 Å². The van der Waals surface area contributed by atoms with E-state index in [2.05, 4.69) is 4.98 Å². The first-order valence-corrected chi connectivity index (χ1v) is 12.0. The maximum Gasteiger partial charge on any atom is 0.417 e. The first kappa shape index (κ1) is 23.9. The Morgan fingerprint density at radius 2 is 1.62 bits per heavy atom. The summed E-state index contributed by atoms with van der Waals surface area (Å²) >= 11 is 0. The van der Waals surface area contributed by atoms with E-state index in [-0.39, 0.29) is 10.5 Å². The lowest BCUT2D eigenvalue weighted by Gasteiger charge is -2.17. The second-order valence-electron chi connectivity index (χ2n) is 6.63. The number of nitrogens with one attached hydrogen (secondary N) is 1. The maximum absolute atomic E-state index is 13.5. The summed E-state index contributed by atoms with van der Waals surface area (Å²) in [5, 5.41) is 10.1. The number of nitrogens with zero attached hydrogens (tertiary/aromatic N) is 1. The van der Waals surface area contributed by atoms with Crippen molar-refractivity contribution in [1.82, 2.24) is 9.71 Å². The van der Waals surface area contributed by atoms with Crippen molar-refractivity contribution in [2.24, 2.45) is 0 Å². The number of halogens is 3. The Morgan fingerprint density at radius 1 is 0.938 bits per heavy atom. The molecule has 1 atom stereocenters. The summed E-state index contributed by atoms with van der Waals surface area (Å²) in [5.41, 5.74) is -1.29. The van der Waals surface area contributed by atoms with Crippen LogP contribution in [0.4, 0.5) is 13.2 Å². The van der Waals surface area contributed by atoms with Crippen LogP contribution in [0.3, 0.4) is 0 Å². The summed E-state index contributed by atoms with van der Waals surface area (Å²) in [6.07, 6.45) is -3.76. The number of aliphatic hydroxyl groups is 1. The monoisotopic (exact) mass is 486 g/mol. The average Bonchev–Trinajstić information content (AvgIpc) is 2.77. The molecule has 3 aromatic rings. The Labute approximate surface area is 182 Å². The first-order chi connectivity index (χ1) is 14.9. The number of sulfonamides is 1. The second kappa shape index (κ2) is 8.98. The molecule has 7 nitrogen and oxygen atoms in total. The molecule has 3 rings (SSSR count). The quantitative estimate of drug-likeness (QED) is 0.531. The molecule has 12 heteroatoms. The molecule has 0 aliphatic carbocycles. The molecule has 0 saturated heterocycles. The van der Waals surface area contributed by atoms with Gasteiger partial charge in [-0.05, 0) is 36.4 Å². The Kier molecular flexibility index (Phi) is 6.69. The van der Waals surface area contributed by atoms with Crippen molar-refractivity contribution < 1.29 is 35.1 Å². The Balaban J connectivity index is 2.02. The zero-order chi connectivity index (χ0) is 23.6. The summed E-state index contributed by atoms with van der Waals surface area (Å²) < 4.78 is 93.4. The van der Waals surface area contributed by atoms with Gasteiger partial charge in [0.2, 0.25) is 19.9 Å². The van der Waals surface area contributed by atoms with E-state index in [0.717, 1.165) is 0 Å². The summed E-state index contributed by atoms with van der Waals surface area (Å²) in [5.74, 6) is 0. The van der Waals surface area contributed by atoms with Gasteiger partial charge in [-0.1, -0.05) is 24.3 Å². The van der Waals surface area contributed by atoms with Crippen molar-refractivity contribution >= 4 is 19.9 Å². The summed E-state index contributed by atoms with van der Waals surface area (Å²) in [6, 6.07) is 11.4. The molecule has 1 aromatic heterocycles. The van der Waals surface area contributed by atoms with Crippen LogP contribution in [0.2, 0.25) is 0 Å². The van der Waals surface area contributed by atoms with Gasteiger partial charge in [0, 0.05) is 24.5 Å². The van der Waals surface area contributed by atoms with Crippen molar-refractivity contribution in [3.05, 3.63) is 84.2 Å². The normalized spacial score (nSPS) is 13.6. The highest BCUT2D eigenvalue weighted by atomic mass is 32.2. The molecule has 1 heterocycles. The van der Waals surface area contributed by atoms with E-state index in [4.69, 9.17) is 0 Å². The molecule has 2 N–H and O–H groups in total. The zero-order valence-corrected chi connectivity index (χ0v) is 17.8. The highest BCUT2D eigenvalue weighted by molar-refractivity contribution is 7.91. The van der Waals surface area contributed by atoms with Crippen molar-refractivity contribution in [1.29, 1.82) is 0 Å². The van der Waals surface area contributed by atoms with Gasteiger partial charge in [-0.15, -0.1) is 0 Å². The van der Waals surface area contributed by atoms with Gasteiger partial charge < -0.3 is 5.11 Å². The molecule has 0 radical (unpaired) electrons. The van der Waals surface area contributed by atoms with Crippen LogP contribution in [0.25, 0.3) is 0 Å². The molecule has 0 fully saturated rings. The van der Waals surface area contributed by atoms with Gasteiger partial charge in [0.05, 0.1) is 26.4 Å². The lowest BCUT2D eigenvalue weighted by molar-refractivity contribution is -0.139. The summed E-state index contributed by atoms with van der Waals surface area (Å²) in [4.78, 5) is 1.68. The van der Waals surface area contributed by atoms with Crippen LogP contribution in [0, 0.1) is 0 Å². The van der Waals surface area contributed by atoms with E-state index >= 15 is 0 Å². The standard InChI is InChI=1S/C20H17F3N2O5S2/c21-20(22,23)17-9-8-16(31(27,28)15-6-2-1-3-7-15)11-19(17)32(29,30)25-13-18(26)14-5-4-10-24-12-14/h1-12,18,25-26H,13H2/t18-/m1/s1. The predicted molar refractivity (Wildman–Crippen MR) is 108 cm³/mol. The van der Waals surface area contributed by atoms with Crippen molar-refractivity contribution in [3.63, 3.8) is 0 Å². The molecule has 0 spiro atoms. The van der Waals surface area contributed by atoms with Crippen molar-refractivity contribution in [2.75, 3.05) is 6.54 Å². The number of hydrogen-bond acceptors (Lipinski definition) is 6. The molecule has 0 aliphatic rings. The molecule has 170 valence electrons. The third-order valence-electron chi connectivity index (χ3n) is 4.45. The molecule has 0 amide bonds. The van der Waals surface area contributed by atoms with Crippen LogP contribution in [0.5, 0.6) is 0 Å². The van der Waals surface area contributed by atoms with Gasteiger partial charge in [-0.25, -0.2) is 21.6 Å². The molecular formula is C20H17F3N2O5S2. The highest BCUT2D eigenvalue weighted by Gasteiger charge is 2.38. The molecule has 2 aromatic carbocycles. The molecule has 32 heavy (non-hydrogen) atoms. The molecular weight excluding hydrogens is 469 g/mol. The first-order valence-electron chi connectivity index (χ1n) is 9.02. The lowest BCUT2D eigenvalue weighted by atomic mass is 10.2. The van der Waals surface area contributed by atoms with Crippen LogP contribution >= 0.6 is 0 Å². The third-order valence-corrected chi connectivity index (χ3v) is 7.68. The number of pyridine rings is 1. The van der Waals surface area contributed by atoms with Crippen LogP contribution < -0.4 is 4.72 Å². The molecule has 0 aliphatic heterocycles. The number of aromatic nitrogens is 1. The number of alkyl halides is 3. The smallest absolute Gasteiger partial charge is 0.387 e. The van der Waals surface area contributed by atoms with Gasteiger partial charge in [0.15, 0.2) is 0 Å². The third kappa shape index (κ3) is 5.15. The average molecular weight is 486 g/mol. The SMILES string of the molecule is O=S(=O)(NC[C@@H](O)c1cccnc1)c1cc(S(=O)(=O)c2ccccc2)ccc1C(F)(F)F. The van der Waals surface area contributed by atoms with Crippen LogP contribution in [-0.4, -0.2) is 33.5 Å². The second-order valence-corrected chi connectivity index (χ2v) is 10.3. The fourth-order valence-electron chi connectivity index (χ4n) is 2.82. The fourth-order valence-corrected chi connectivity index (χ4v) is 5.49. The van der Waals surface area contributed by atoms with Gasteiger partial charge in [0.25, 0.3) is 0 Å². The zero-order valence-electron chi connectivity index (χ0n) is 16.2. The van der Waals surface area contributed by atoms with E-state index < -0.39 is 54.0 Å². The minimum absolute atomic E-state index is 0.205. The topological polar surface area (TPSA) is 113 Å². The number of benzene rings is 2. The minimum Gasteiger partial charge on any atom is -0.387 e. The lowest BCUT2D eigenvalue weighted by Crippen LogP contribution is -2.30. The molecule has 0 unspecified atom stereocenters. The Morgan fingerprint density at radius 3 is 2.22 bits per heavy atom. The van der Waals surface area contributed by atoms with Crippen LogP contribution in [0.15, 0.2) is 87.7 Å².